The van der Waals surface area contributed by atoms with E-state index in [0.29, 0.717) is 35.9 Å². The van der Waals surface area contributed by atoms with Crippen LogP contribution in [0.1, 0.15) is 25.2 Å². The first-order valence-electron chi connectivity index (χ1n) is 8.30. The van der Waals surface area contributed by atoms with Crippen molar-refractivity contribution in [2.75, 3.05) is 24.4 Å². The highest BCUT2D eigenvalue weighted by Gasteiger charge is 2.20. The predicted octanol–water partition coefficient (Wildman–Crippen LogP) is 3.32. The molecule has 11 heteroatoms. The predicted molar refractivity (Wildman–Crippen MR) is 105 cm³/mol. The second-order valence-corrected chi connectivity index (χ2v) is 8.33. The standard InChI is InChI=1S/C16H21ClN4O4S2/c1-4-21(5-2)16(22)25-10-9-14-18-15(26-19-14)20-27(23,24)13-8-6-7-12(17)11(13)3/h6-8H,4-5,9-10H2,1-3H3,(H,18,19,20). The molecule has 27 heavy (non-hydrogen) atoms. The number of sulfonamides is 1. The van der Waals surface area contributed by atoms with E-state index in [0.717, 1.165) is 11.5 Å². The van der Waals surface area contributed by atoms with Gasteiger partial charge in [-0.05, 0) is 38.5 Å². The van der Waals surface area contributed by atoms with Crippen molar-refractivity contribution in [3.8, 4) is 0 Å². The lowest BCUT2D eigenvalue weighted by Crippen LogP contribution is -2.31. The molecule has 0 saturated carbocycles. The summed E-state index contributed by atoms with van der Waals surface area (Å²) in [6, 6.07) is 4.66. The largest absolute Gasteiger partial charge is 0.449 e. The van der Waals surface area contributed by atoms with Crippen molar-refractivity contribution in [3.05, 3.63) is 34.6 Å². The van der Waals surface area contributed by atoms with Crippen LogP contribution in [-0.4, -0.2) is 48.5 Å². The highest BCUT2D eigenvalue weighted by atomic mass is 35.5. The summed E-state index contributed by atoms with van der Waals surface area (Å²) in [5.74, 6) is 0.396. The zero-order valence-electron chi connectivity index (χ0n) is 15.2. The van der Waals surface area contributed by atoms with Crippen LogP contribution in [0.3, 0.4) is 0 Å². The van der Waals surface area contributed by atoms with E-state index in [-0.39, 0.29) is 16.6 Å². The van der Waals surface area contributed by atoms with Gasteiger partial charge in [0, 0.05) is 36.1 Å². The van der Waals surface area contributed by atoms with Gasteiger partial charge in [-0.1, -0.05) is 17.7 Å². The van der Waals surface area contributed by atoms with Crippen molar-refractivity contribution < 1.29 is 17.9 Å². The topological polar surface area (TPSA) is 101 Å². The monoisotopic (exact) mass is 432 g/mol. The molecule has 0 fully saturated rings. The van der Waals surface area contributed by atoms with E-state index in [1.54, 1.807) is 24.0 Å². The van der Waals surface area contributed by atoms with Crippen molar-refractivity contribution >= 4 is 44.4 Å². The number of benzene rings is 1. The Labute approximate surface area is 167 Å². The number of carbonyl (C=O) groups excluding carboxylic acids is 1. The number of nitrogens with one attached hydrogen (secondary N) is 1. The number of ether oxygens (including phenoxy) is 1. The number of nitrogens with zero attached hydrogens (tertiary/aromatic N) is 3. The van der Waals surface area contributed by atoms with Crippen molar-refractivity contribution in [3.63, 3.8) is 0 Å². The lowest BCUT2D eigenvalue weighted by Gasteiger charge is -2.17. The molecule has 2 rings (SSSR count). The van der Waals surface area contributed by atoms with Gasteiger partial charge in [-0.3, -0.25) is 4.72 Å². The molecule has 1 amide bonds. The van der Waals surface area contributed by atoms with E-state index < -0.39 is 16.1 Å². The highest BCUT2D eigenvalue weighted by Crippen LogP contribution is 2.25. The molecule has 0 atom stereocenters. The summed E-state index contributed by atoms with van der Waals surface area (Å²) >= 11 is 6.91. The minimum Gasteiger partial charge on any atom is -0.449 e. The van der Waals surface area contributed by atoms with E-state index in [2.05, 4.69) is 14.1 Å². The molecule has 0 aliphatic rings. The molecule has 0 aliphatic heterocycles. The van der Waals surface area contributed by atoms with Crippen molar-refractivity contribution in [1.82, 2.24) is 14.3 Å². The molecular weight excluding hydrogens is 412 g/mol. The Morgan fingerprint density at radius 2 is 2.04 bits per heavy atom. The first-order chi connectivity index (χ1) is 12.8. The molecule has 1 N–H and O–H groups in total. The van der Waals surface area contributed by atoms with E-state index in [4.69, 9.17) is 16.3 Å². The lowest BCUT2D eigenvalue weighted by molar-refractivity contribution is 0.107. The Morgan fingerprint density at radius 1 is 1.33 bits per heavy atom. The maximum absolute atomic E-state index is 12.5. The van der Waals surface area contributed by atoms with E-state index >= 15 is 0 Å². The second-order valence-electron chi connectivity index (χ2n) is 5.52. The van der Waals surface area contributed by atoms with Gasteiger partial charge < -0.3 is 9.64 Å². The SMILES string of the molecule is CCN(CC)C(=O)OCCc1nsc(NS(=O)(=O)c2cccc(Cl)c2C)n1. The summed E-state index contributed by atoms with van der Waals surface area (Å²) < 4.78 is 36.7. The number of amides is 1. The van der Waals surface area contributed by atoms with Gasteiger partial charge in [-0.15, -0.1) is 0 Å². The van der Waals surface area contributed by atoms with Crippen molar-refractivity contribution in [2.24, 2.45) is 0 Å². The molecule has 1 heterocycles. The van der Waals surface area contributed by atoms with E-state index in [9.17, 15) is 13.2 Å². The molecule has 0 bridgehead atoms. The van der Waals surface area contributed by atoms with Crippen molar-refractivity contribution in [1.29, 1.82) is 0 Å². The molecule has 0 saturated heterocycles. The van der Waals surface area contributed by atoms with Gasteiger partial charge in [-0.2, -0.15) is 4.37 Å². The number of hydrogen-bond acceptors (Lipinski definition) is 7. The Hall–Kier alpha value is -1.91. The first kappa shape index (κ1) is 21.4. The number of hydrogen-bond donors (Lipinski definition) is 1. The number of halogens is 1. The van der Waals surface area contributed by atoms with Crippen LogP contribution in [0.15, 0.2) is 23.1 Å². The summed E-state index contributed by atoms with van der Waals surface area (Å²) in [7, 11) is -3.82. The van der Waals surface area contributed by atoms with Crippen LogP contribution in [0.2, 0.25) is 5.02 Å². The molecule has 0 aliphatic carbocycles. The molecule has 8 nitrogen and oxygen atoms in total. The quantitative estimate of drug-likeness (QED) is 0.686. The van der Waals surface area contributed by atoms with Gasteiger partial charge in [0.05, 0.1) is 4.90 Å². The zero-order valence-corrected chi connectivity index (χ0v) is 17.6. The third-order valence-electron chi connectivity index (χ3n) is 3.77. The maximum Gasteiger partial charge on any atom is 0.409 e. The van der Waals surface area contributed by atoms with Gasteiger partial charge in [-0.25, -0.2) is 18.2 Å². The molecule has 2 aromatic rings. The molecule has 148 valence electrons. The van der Waals surface area contributed by atoms with Crippen LogP contribution in [-0.2, 0) is 21.2 Å². The number of rotatable bonds is 8. The Bertz CT molecular complexity index is 898. The van der Waals surface area contributed by atoms with E-state index in [1.807, 2.05) is 13.8 Å². The molecule has 0 radical (unpaired) electrons. The number of anilines is 1. The fourth-order valence-electron chi connectivity index (χ4n) is 2.25. The Balaban J connectivity index is 1.97. The van der Waals surface area contributed by atoms with Crippen LogP contribution >= 0.6 is 23.1 Å². The third kappa shape index (κ3) is 5.53. The van der Waals surface area contributed by atoms with Crippen LogP contribution in [0.4, 0.5) is 9.93 Å². The lowest BCUT2D eigenvalue weighted by atomic mass is 10.2. The highest BCUT2D eigenvalue weighted by molar-refractivity contribution is 7.93. The number of aromatic nitrogens is 2. The maximum atomic E-state index is 12.5. The fourth-order valence-corrected chi connectivity index (χ4v) is 4.58. The Morgan fingerprint density at radius 3 is 2.70 bits per heavy atom. The first-order valence-corrected chi connectivity index (χ1v) is 10.9. The van der Waals surface area contributed by atoms with Gasteiger partial charge in [0.15, 0.2) is 0 Å². The summed E-state index contributed by atoms with van der Waals surface area (Å²) in [4.78, 5) is 17.5. The molecular formula is C16H21ClN4O4S2. The average Bonchev–Trinajstić information content (AvgIpc) is 3.04. The minimum atomic E-state index is -3.82. The average molecular weight is 433 g/mol. The summed E-state index contributed by atoms with van der Waals surface area (Å²) in [5, 5.41) is 0.505. The van der Waals surface area contributed by atoms with Crippen LogP contribution in [0.5, 0.6) is 0 Å². The summed E-state index contributed by atoms with van der Waals surface area (Å²) in [5.41, 5.74) is 0.458. The number of carbonyl (C=O) groups is 1. The molecule has 1 aromatic heterocycles. The Kier molecular flexibility index (Phi) is 7.40. The molecule has 0 spiro atoms. The zero-order chi connectivity index (χ0) is 20.0. The van der Waals surface area contributed by atoms with Gasteiger partial charge in [0.2, 0.25) is 5.13 Å². The van der Waals surface area contributed by atoms with Gasteiger partial charge >= 0.3 is 6.09 Å². The second kappa shape index (κ2) is 9.34. The smallest absolute Gasteiger partial charge is 0.409 e. The third-order valence-corrected chi connectivity index (χ3v) is 6.46. The normalized spacial score (nSPS) is 11.3. The van der Waals surface area contributed by atoms with Crippen LogP contribution < -0.4 is 4.72 Å². The molecule has 1 aromatic carbocycles. The summed E-state index contributed by atoms with van der Waals surface area (Å²) in [6.45, 7) is 6.62. The molecule has 0 unspecified atom stereocenters. The fraction of sp³-hybridized carbons (Fsp3) is 0.438. The minimum absolute atomic E-state index is 0.0832. The van der Waals surface area contributed by atoms with Crippen LogP contribution in [0, 0.1) is 6.92 Å². The van der Waals surface area contributed by atoms with E-state index in [1.165, 1.54) is 6.07 Å². The van der Waals surface area contributed by atoms with Crippen LogP contribution in [0.25, 0.3) is 0 Å². The van der Waals surface area contributed by atoms with Gasteiger partial charge in [0.25, 0.3) is 10.0 Å². The van der Waals surface area contributed by atoms with Gasteiger partial charge in [0.1, 0.15) is 12.4 Å². The van der Waals surface area contributed by atoms with Crippen molar-refractivity contribution in [2.45, 2.75) is 32.1 Å². The summed E-state index contributed by atoms with van der Waals surface area (Å²) in [6.07, 6.45) is -0.103.